The number of hydrogen-bond donors (Lipinski definition) is 2. The number of carboxylic acid groups (broad SMARTS) is 1. The molecule has 5 aromatic rings. The number of pyridine rings is 1. The smallest absolute Gasteiger partial charge is 0.341 e. The topological polar surface area (TPSA) is 125 Å². The van der Waals surface area contributed by atoms with Crippen molar-refractivity contribution in [2.45, 2.75) is 6.54 Å². The summed E-state index contributed by atoms with van der Waals surface area (Å²) < 4.78 is 7.46. The molecule has 3 aromatic carbocycles. The van der Waals surface area contributed by atoms with Crippen molar-refractivity contribution in [1.29, 1.82) is 0 Å². The van der Waals surface area contributed by atoms with Gasteiger partial charge in [-0.05, 0) is 23.8 Å². The van der Waals surface area contributed by atoms with E-state index in [0.717, 1.165) is 5.56 Å². The largest absolute Gasteiger partial charge is 0.480 e. The minimum Gasteiger partial charge on any atom is -0.480 e. The molecule has 0 saturated carbocycles. The number of nitrogens with two attached hydrogens (primary N) is 1. The van der Waals surface area contributed by atoms with Crippen LogP contribution >= 0.6 is 0 Å². The number of hydrogen-bond acceptors (Lipinski definition) is 5. The van der Waals surface area contributed by atoms with Gasteiger partial charge in [-0.1, -0.05) is 54.6 Å². The fourth-order valence-corrected chi connectivity index (χ4v) is 4.42. The van der Waals surface area contributed by atoms with Crippen molar-refractivity contribution in [2.75, 3.05) is 6.61 Å². The molecule has 0 unspecified atom stereocenters. The summed E-state index contributed by atoms with van der Waals surface area (Å²) in [4.78, 5) is 40.6. The first-order valence-corrected chi connectivity index (χ1v) is 11.2. The van der Waals surface area contributed by atoms with Gasteiger partial charge in [0.05, 0.1) is 28.8 Å². The van der Waals surface area contributed by atoms with Crippen LogP contribution in [0.3, 0.4) is 0 Å². The fraction of sp³-hybridized carbons (Fsp3) is 0.0714. The molecular formula is C28H21N3O5. The second-order valence-corrected chi connectivity index (χ2v) is 8.26. The molecule has 1 amide bonds. The lowest BCUT2D eigenvalue weighted by atomic mass is 10.0. The van der Waals surface area contributed by atoms with Gasteiger partial charge in [-0.2, -0.15) is 0 Å². The Hall–Kier alpha value is -4.98. The molecule has 0 aliphatic heterocycles. The van der Waals surface area contributed by atoms with E-state index < -0.39 is 18.5 Å². The number of carboxylic acids is 1. The van der Waals surface area contributed by atoms with Crippen LogP contribution in [-0.4, -0.2) is 38.9 Å². The lowest BCUT2D eigenvalue weighted by Crippen LogP contribution is -2.11. The summed E-state index contributed by atoms with van der Waals surface area (Å²) in [6, 6.07) is 21.6. The minimum atomic E-state index is -1.13. The summed E-state index contributed by atoms with van der Waals surface area (Å²) in [5.41, 5.74) is 9.32. The van der Waals surface area contributed by atoms with E-state index in [4.69, 9.17) is 15.6 Å². The summed E-state index contributed by atoms with van der Waals surface area (Å²) in [5.74, 6) is -1.59. The molecule has 178 valence electrons. The normalized spacial score (nSPS) is 11.0. The van der Waals surface area contributed by atoms with Gasteiger partial charge in [0, 0.05) is 28.6 Å². The average Bonchev–Trinajstić information content (AvgIpc) is 3.21. The Balaban J connectivity index is 1.65. The van der Waals surface area contributed by atoms with Crippen molar-refractivity contribution in [2.24, 2.45) is 5.73 Å². The highest BCUT2D eigenvalue weighted by atomic mass is 16.5. The lowest BCUT2D eigenvalue weighted by molar-refractivity contribution is -0.139. The Bertz CT molecular complexity index is 1640. The highest BCUT2D eigenvalue weighted by molar-refractivity contribution is 6.19. The molecule has 2 aromatic heterocycles. The highest BCUT2D eigenvalue weighted by Gasteiger charge is 2.21. The maximum absolute atomic E-state index is 13.0. The first-order chi connectivity index (χ1) is 17.4. The standard InChI is InChI=1S/C28H21N3O5/c29-28(35)20-10-5-11-21-25(20)26-22(13-30-14-23(26)36-16-24(32)33)31(21)15-17-6-4-9-19(12-17)27(34)18-7-2-1-3-8-18/h1-14H,15-16H2,(H2,29,35)(H,32,33). The molecular weight excluding hydrogens is 458 g/mol. The van der Waals surface area contributed by atoms with Crippen LogP contribution in [0.15, 0.2) is 85.2 Å². The monoisotopic (exact) mass is 479 g/mol. The van der Waals surface area contributed by atoms with Gasteiger partial charge in [0.25, 0.3) is 0 Å². The van der Waals surface area contributed by atoms with Gasteiger partial charge in [-0.3, -0.25) is 14.6 Å². The Morgan fingerprint density at radius 2 is 1.61 bits per heavy atom. The zero-order valence-corrected chi connectivity index (χ0v) is 19.0. The number of ether oxygens (including phenoxy) is 1. The van der Waals surface area contributed by atoms with E-state index in [9.17, 15) is 14.4 Å². The van der Waals surface area contributed by atoms with Gasteiger partial charge in [-0.25, -0.2) is 4.79 Å². The van der Waals surface area contributed by atoms with E-state index in [1.807, 2.05) is 47.0 Å². The number of fused-ring (bicyclic) bond motifs is 3. The molecule has 0 spiro atoms. The maximum Gasteiger partial charge on any atom is 0.341 e. The van der Waals surface area contributed by atoms with E-state index >= 15 is 0 Å². The predicted molar refractivity (Wildman–Crippen MR) is 134 cm³/mol. The van der Waals surface area contributed by atoms with E-state index in [1.54, 1.807) is 36.5 Å². The minimum absolute atomic E-state index is 0.0817. The molecule has 8 nitrogen and oxygen atoms in total. The molecule has 36 heavy (non-hydrogen) atoms. The van der Waals surface area contributed by atoms with E-state index in [-0.39, 0.29) is 17.1 Å². The number of amides is 1. The third-order valence-corrected chi connectivity index (χ3v) is 5.95. The number of benzene rings is 3. The predicted octanol–water partition coefficient (Wildman–Crippen LogP) is 4.03. The second-order valence-electron chi connectivity index (χ2n) is 8.26. The molecule has 0 aliphatic rings. The number of aliphatic carboxylic acids is 1. The van der Waals surface area contributed by atoms with Crippen LogP contribution in [0.4, 0.5) is 0 Å². The van der Waals surface area contributed by atoms with E-state index in [0.29, 0.717) is 39.5 Å². The number of rotatable bonds is 8. The first kappa shape index (κ1) is 22.8. The molecule has 0 fully saturated rings. The van der Waals surface area contributed by atoms with Gasteiger partial charge in [-0.15, -0.1) is 0 Å². The van der Waals surface area contributed by atoms with E-state index in [2.05, 4.69) is 4.98 Å². The zero-order valence-electron chi connectivity index (χ0n) is 19.0. The average molecular weight is 479 g/mol. The molecule has 0 bridgehead atoms. The van der Waals surface area contributed by atoms with Crippen LogP contribution in [0.1, 0.15) is 31.8 Å². The molecule has 0 saturated heterocycles. The van der Waals surface area contributed by atoms with Crippen LogP contribution in [-0.2, 0) is 11.3 Å². The SMILES string of the molecule is NC(=O)c1cccc2c1c1c(OCC(=O)O)cncc1n2Cc1cccc(C(=O)c2ccccc2)c1. The molecule has 8 heteroatoms. The molecule has 5 rings (SSSR count). The van der Waals surface area contributed by atoms with Crippen molar-refractivity contribution >= 4 is 39.5 Å². The summed E-state index contributed by atoms with van der Waals surface area (Å²) >= 11 is 0. The Morgan fingerprint density at radius 3 is 2.36 bits per heavy atom. The number of nitrogens with zero attached hydrogens (tertiary/aromatic N) is 2. The van der Waals surface area contributed by atoms with Crippen molar-refractivity contribution in [1.82, 2.24) is 9.55 Å². The van der Waals surface area contributed by atoms with Gasteiger partial charge < -0.3 is 20.1 Å². The number of aromatic nitrogens is 2. The molecule has 3 N–H and O–H groups in total. The Morgan fingerprint density at radius 1 is 0.861 bits per heavy atom. The van der Waals surface area contributed by atoms with Crippen LogP contribution in [0.5, 0.6) is 5.75 Å². The number of primary amides is 1. The maximum atomic E-state index is 13.0. The third kappa shape index (κ3) is 4.16. The first-order valence-electron chi connectivity index (χ1n) is 11.2. The Labute approximate surface area is 205 Å². The van der Waals surface area contributed by atoms with Crippen LogP contribution < -0.4 is 10.5 Å². The van der Waals surface area contributed by atoms with Crippen molar-refractivity contribution in [3.63, 3.8) is 0 Å². The summed E-state index contributed by atoms with van der Waals surface area (Å²) in [6.07, 6.45) is 3.05. The van der Waals surface area contributed by atoms with Crippen LogP contribution in [0.2, 0.25) is 0 Å². The van der Waals surface area contributed by atoms with E-state index in [1.165, 1.54) is 6.20 Å². The highest BCUT2D eigenvalue weighted by Crippen LogP contribution is 2.37. The van der Waals surface area contributed by atoms with Gasteiger partial charge in [0.15, 0.2) is 12.4 Å². The molecule has 0 atom stereocenters. The number of carbonyl (C=O) groups excluding carboxylic acids is 2. The Kier molecular flexibility index (Phi) is 5.92. The lowest BCUT2D eigenvalue weighted by Gasteiger charge is -2.10. The zero-order chi connectivity index (χ0) is 25.2. The van der Waals surface area contributed by atoms with Crippen molar-refractivity contribution in [3.8, 4) is 5.75 Å². The fourth-order valence-electron chi connectivity index (χ4n) is 4.42. The van der Waals surface area contributed by atoms with Crippen LogP contribution in [0.25, 0.3) is 21.8 Å². The third-order valence-electron chi connectivity index (χ3n) is 5.95. The summed E-state index contributed by atoms with van der Waals surface area (Å²) in [5, 5.41) is 10.2. The molecule has 0 aliphatic carbocycles. The van der Waals surface area contributed by atoms with Gasteiger partial charge in [0.2, 0.25) is 5.91 Å². The summed E-state index contributed by atoms with van der Waals surface area (Å²) in [6.45, 7) is -0.196. The number of ketones is 1. The van der Waals surface area contributed by atoms with Crippen LogP contribution in [0, 0.1) is 0 Å². The molecule has 0 radical (unpaired) electrons. The second kappa shape index (κ2) is 9.34. The van der Waals surface area contributed by atoms with Crippen molar-refractivity contribution in [3.05, 3.63) is 107 Å². The quantitative estimate of drug-likeness (QED) is 0.324. The van der Waals surface area contributed by atoms with Gasteiger partial charge >= 0.3 is 5.97 Å². The van der Waals surface area contributed by atoms with Crippen molar-refractivity contribution < 1.29 is 24.2 Å². The van der Waals surface area contributed by atoms with Gasteiger partial charge in [0.1, 0.15) is 5.75 Å². The summed E-state index contributed by atoms with van der Waals surface area (Å²) in [7, 11) is 0. The number of carbonyl (C=O) groups is 3. The molecule has 2 heterocycles.